The Morgan fingerprint density at radius 1 is 0.929 bits per heavy atom. The molecular weight excluding hydrogens is 350 g/mol. The van der Waals surface area contributed by atoms with Crippen LogP contribution in [-0.4, -0.2) is 47.0 Å². The minimum atomic E-state index is -0.126. The van der Waals surface area contributed by atoms with Crippen molar-refractivity contribution in [3.05, 3.63) is 84.3 Å². The molecule has 0 spiro atoms. The molecule has 6 heteroatoms. The summed E-state index contributed by atoms with van der Waals surface area (Å²) in [5.74, 6) is 0.818. The zero-order chi connectivity index (χ0) is 19.2. The molecule has 0 bridgehead atoms. The summed E-state index contributed by atoms with van der Waals surface area (Å²) < 4.78 is 0. The molecular formula is C22H23N5O. The summed E-state index contributed by atoms with van der Waals surface area (Å²) >= 11 is 0. The Kier molecular flexibility index (Phi) is 5.58. The van der Waals surface area contributed by atoms with Gasteiger partial charge in [-0.25, -0.2) is 4.98 Å². The summed E-state index contributed by atoms with van der Waals surface area (Å²) in [7, 11) is 0. The van der Waals surface area contributed by atoms with Gasteiger partial charge in [0.25, 0.3) is 5.91 Å². The standard InChI is InChI=1S/C22H23N5O/c28-22(19-6-2-1-3-7-19)25-20-8-9-21(24-16-20)27-13-11-26(12-14-27)17-18-5-4-10-23-15-18/h1-10,15-16H,11-14,17H2,(H,25,28). The molecule has 28 heavy (non-hydrogen) atoms. The molecule has 0 aliphatic carbocycles. The van der Waals surface area contributed by atoms with Gasteiger partial charge >= 0.3 is 0 Å². The molecule has 1 aromatic carbocycles. The number of piperazine rings is 1. The predicted molar refractivity (Wildman–Crippen MR) is 110 cm³/mol. The Balaban J connectivity index is 1.30. The number of nitrogens with zero attached hydrogens (tertiary/aromatic N) is 4. The van der Waals surface area contributed by atoms with Crippen molar-refractivity contribution in [1.82, 2.24) is 14.9 Å². The summed E-state index contributed by atoms with van der Waals surface area (Å²) in [6, 6.07) is 17.2. The molecule has 3 heterocycles. The number of amides is 1. The van der Waals surface area contributed by atoms with E-state index in [1.807, 2.05) is 42.6 Å². The number of carbonyl (C=O) groups is 1. The second-order valence-electron chi connectivity index (χ2n) is 6.85. The van der Waals surface area contributed by atoms with Crippen molar-refractivity contribution in [2.45, 2.75) is 6.54 Å². The van der Waals surface area contributed by atoms with Crippen LogP contribution in [0.3, 0.4) is 0 Å². The van der Waals surface area contributed by atoms with Crippen molar-refractivity contribution >= 4 is 17.4 Å². The SMILES string of the molecule is O=C(Nc1ccc(N2CCN(Cc3cccnc3)CC2)nc1)c1ccccc1. The van der Waals surface area contributed by atoms with Crippen LogP contribution < -0.4 is 10.2 Å². The maximum atomic E-state index is 12.2. The highest BCUT2D eigenvalue weighted by Crippen LogP contribution is 2.17. The Morgan fingerprint density at radius 3 is 2.43 bits per heavy atom. The molecule has 1 aliphatic heterocycles. The fraction of sp³-hybridized carbons (Fsp3) is 0.227. The van der Waals surface area contributed by atoms with Gasteiger partial charge < -0.3 is 10.2 Å². The van der Waals surface area contributed by atoms with Gasteiger partial charge in [-0.2, -0.15) is 0 Å². The number of carbonyl (C=O) groups excluding carboxylic acids is 1. The van der Waals surface area contributed by atoms with Gasteiger partial charge in [0.1, 0.15) is 5.82 Å². The fourth-order valence-electron chi connectivity index (χ4n) is 3.32. The van der Waals surface area contributed by atoms with E-state index < -0.39 is 0 Å². The molecule has 0 unspecified atom stereocenters. The maximum Gasteiger partial charge on any atom is 0.255 e. The summed E-state index contributed by atoms with van der Waals surface area (Å²) in [6.07, 6.45) is 5.45. The summed E-state index contributed by atoms with van der Waals surface area (Å²) in [6.45, 7) is 4.78. The van der Waals surface area contributed by atoms with Crippen molar-refractivity contribution in [2.24, 2.45) is 0 Å². The Hall–Kier alpha value is -3.25. The van der Waals surface area contributed by atoms with Gasteiger partial charge in [0.2, 0.25) is 0 Å². The summed E-state index contributed by atoms with van der Waals surface area (Å²) in [4.78, 5) is 25.7. The molecule has 1 saturated heterocycles. The van der Waals surface area contributed by atoms with Gasteiger partial charge in [0.05, 0.1) is 11.9 Å². The Labute approximate surface area is 164 Å². The number of rotatable bonds is 5. The minimum Gasteiger partial charge on any atom is -0.354 e. The van der Waals surface area contributed by atoms with Crippen LogP contribution in [0.25, 0.3) is 0 Å². The number of benzene rings is 1. The molecule has 0 saturated carbocycles. The highest BCUT2D eigenvalue weighted by atomic mass is 16.1. The van der Waals surface area contributed by atoms with E-state index >= 15 is 0 Å². The van der Waals surface area contributed by atoms with Crippen molar-refractivity contribution in [3.63, 3.8) is 0 Å². The molecule has 1 aliphatic rings. The first kappa shape index (κ1) is 18.1. The summed E-state index contributed by atoms with van der Waals surface area (Å²) in [5.41, 5.74) is 2.58. The molecule has 0 atom stereocenters. The van der Waals surface area contributed by atoms with Crippen LogP contribution in [0.1, 0.15) is 15.9 Å². The molecule has 4 rings (SSSR count). The molecule has 1 fully saturated rings. The lowest BCUT2D eigenvalue weighted by atomic mass is 10.2. The Morgan fingerprint density at radius 2 is 1.75 bits per heavy atom. The third-order valence-corrected chi connectivity index (χ3v) is 4.87. The number of hydrogen-bond donors (Lipinski definition) is 1. The first-order valence-corrected chi connectivity index (χ1v) is 9.46. The molecule has 0 radical (unpaired) electrons. The number of pyridine rings is 2. The second-order valence-corrected chi connectivity index (χ2v) is 6.85. The van der Waals surface area contributed by atoms with E-state index in [0.29, 0.717) is 11.3 Å². The van der Waals surface area contributed by atoms with Crippen molar-refractivity contribution in [1.29, 1.82) is 0 Å². The topological polar surface area (TPSA) is 61.4 Å². The van der Waals surface area contributed by atoms with Crippen LogP contribution in [0.2, 0.25) is 0 Å². The van der Waals surface area contributed by atoms with E-state index in [1.165, 1.54) is 5.56 Å². The average Bonchev–Trinajstić information content (AvgIpc) is 2.76. The summed E-state index contributed by atoms with van der Waals surface area (Å²) in [5, 5.41) is 2.89. The van der Waals surface area contributed by atoms with E-state index in [1.54, 1.807) is 24.5 Å². The van der Waals surface area contributed by atoms with Gasteiger partial charge in [0, 0.05) is 50.7 Å². The zero-order valence-electron chi connectivity index (χ0n) is 15.7. The fourth-order valence-corrected chi connectivity index (χ4v) is 3.32. The maximum absolute atomic E-state index is 12.2. The molecule has 1 N–H and O–H groups in total. The van der Waals surface area contributed by atoms with Crippen LogP contribution in [0.5, 0.6) is 0 Å². The smallest absolute Gasteiger partial charge is 0.255 e. The van der Waals surface area contributed by atoms with Gasteiger partial charge in [0.15, 0.2) is 0 Å². The zero-order valence-corrected chi connectivity index (χ0v) is 15.7. The average molecular weight is 373 g/mol. The van der Waals surface area contributed by atoms with E-state index in [9.17, 15) is 4.79 Å². The van der Waals surface area contributed by atoms with E-state index in [0.717, 1.165) is 38.5 Å². The normalized spacial score (nSPS) is 14.6. The van der Waals surface area contributed by atoms with Crippen LogP contribution >= 0.6 is 0 Å². The van der Waals surface area contributed by atoms with E-state index in [-0.39, 0.29) is 5.91 Å². The number of hydrogen-bond acceptors (Lipinski definition) is 5. The number of aromatic nitrogens is 2. The lowest BCUT2D eigenvalue weighted by Crippen LogP contribution is -2.46. The lowest BCUT2D eigenvalue weighted by Gasteiger charge is -2.35. The van der Waals surface area contributed by atoms with Crippen molar-refractivity contribution in [3.8, 4) is 0 Å². The van der Waals surface area contributed by atoms with Gasteiger partial charge in [-0.05, 0) is 35.9 Å². The first-order chi connectivity index (χ1) is 13.8. The molecule has 142 valence electrons. The van der Waals surface area contributed by atoms with Gasteiger partial charge in [-0.3, -0.25) is 14.7 Å². The van der Waals surface area contributed by atoms with Crippen LogP contribution in [0.15, 0.2) is 73.2 Å². The monoisotopic (exact) mass is 373 g/mol. The first-order valence-electron chi connectivity index (χ1n) is 9.46. The molecule has 3 aromatic rings. The van der Waals surface area contributed by atoms with Crippen LogP contribution in [0.4, 0.5) is 11.5 Å². The van der Waals surface area contributed by atoms with Gasteiger partial charge in [-0.15, -0.1) is 0 Å². The van der Waals surface area contributed by atoms with Crippen LogP contribution in [-0.2, 0) is 6.54 Å². The quantitative estimate of drug-likeness (QED) is 0.745. The number of nitrogens with one attached hydrogen (secondary N) is 1. The number of anilines is 2. The van der Waals surface area contributed by atoms with Crippen molar-refractivity contribution < 1.29 is 4.79 Å². The third-order valence-electron chi connectivity index (χ3n) is 4.87. The molecule has 2 aromatic heterocycles. The highest BCUT2D eigenvalue weighted by molar-refractivity contribution is 6.04. The predicted octanol–water partition coefficient (Wildman–Crippen LogP) is 3.05. The second kappa shape index (κ2) is 8.63. The van der Waals surface area contributed by atoms with Crippen molar-refractivity contribution in [2.75, 3.05) is 36.4 Å². The highest BCUT2D eigenvalue weighted by Gasteiger charge is 2.18. The van der Waals surface area contributed by atoms with Crippen LogP contribution in [0, 0.1) is 0 Å². The third kappa shape index (κ3) is 4.53. The lowest BCUT2D eigenvalue weighted by molar-refractivity contribution is 0.102. The van der Waals surface area contributed by atoms with E-state index in [2.05, 4.69) is 31.2 Å². The molecule has 1 amide bonds. The minimum absolute atomic E-state index is 0.126. The van der Waals surface area contributed by atoms with Gasteiger partial charge in [-0.1, -0.05) is 24.3 Å². The molecule has 6 nitrogen and oxygen atoms in total. The van der Waals surface area contributed by atoms with E-state index in [4.69, 9.17) is 0 Å². The Bertz CT molecular complexity index is 891. The largest absolute Gasteiger partial charge is 0.354 e.